The minimum Gasteiger partial charge on any atom is -0.336 e. The highest BCUT2D eigenvalue weighted by Gasteiger charge is 2.34. The Labute approximate surface area is 119 Å². The number of carbonyl (C=O) groups is 1. The van der Waals surface area contributed by atoms with Crippen LogP contribution >= 0.6 is 0 Å². The molecule has 20 heavy (non-hydrogen) atoms. The molecule has 1 fully saturated rings. The Morgan fingerprint density at radius 3 is 2.55 bits per heavy atom. The van der Waals surface area contributed by atoms with E-state index in [9.17, 15) is 13.2 Å². The standard InChI is InChI=1S/C13H21N3O3S/c1-13(2,3)11-7-10(14-15-11)12(17)16(4)9-5-6-20(18,19)8-9/h7,9H,5-6,8H2,1-4H3,(H,14,15). The van der Waals surface area contributed by atoms with E-state index in [-0.39, 0.29) is 28.9 Å². The van der Waals surface area contributed by atoms with E-state index in [1.165, 1.54) is 4.90 Å². The Kier molecular flexibility index (Phi) is 3.66. The minimum absolute atomic E-state index is 0.0474. The Balaban J connectivity index is 2.14. The molecule has 2 heterocycles. The lowest BCUT2D eigenvalue weighted by molar-refractivity contribution is 0.0741. The smallest absolute Gasteiger partial charge is 0.274 e. The van der Waals surface area contributed by atoms with Crippen LogP contribution in [0.3, 0.4) is 0 Å². The molecule has 0 bridgehead atoms. The normalized spacial score (nSPS) is 21.9. The van der Waals surface area contributed by atoms with Gasteiger partial charge in [0.25, 0.3) is 5.91 Å². The fourth-order valence-electron chi connectivity index (χ4n) is 2.24. The number of amides is 1. The van der Waals surface area contributed by atoms with E-state index in [2.05, 4.69) is 10.2 Å². The molecular weight excluding hydrogens is 278 g/mol. The number of aromatic amines is 1. The Hall–Kier alpha value is -1.37. The van der Waals surface area contributed by atoms with E-state index in [0.29, 0.717) is 12.1 Å². The van der Waals surface area contributed by atoms with Gasteiger partial charge in [-0.2, -0.15) is 5.10 Å². The molecule has 1 aliphatic rings. The van der Waals surface area contributed by atoms with Gasteiger partial charge in [-0.3, -0.25) is 9.89 Å². The molecule has 0 radical (unpaired) electrons. The van der Waals surface area contributed by atoms with E-state index in [0.717, 1.165) is 5.69 Å². The molecule has 0 aromatic carbocycles. The third-order valence-corrected chi connectivity index (χ3v) is 5.43. The summed E-state index contributed by atoms with van der Waals surface area (Å²) in [6, 6.07) is 1.49. The van der Waals surface area contributed by atoms with Crippen LogP contribution in [0.5, 0.6) is 0 Å². The second kappa shape index (κ2) is 4.87. The average molecular weight is 299 g/mol. The second-order valence-electron chi connectivity index (χ2n) is 6.39. The molecule has 1 aromatic heterocycles. The van der Waals surface area contributed by atoms with Crippen LogP contribution in [0.1, 0.15) is 43.4 Å². The zero-order chi connectivity index (χ0) is 15.1. The van der Waals surface area contributed by atoms with Gasteiger partial charge in [-0.05, 0) is 12.5 Å². The van der Waals surface area contributed by atoms with Gasteiger partial charge in [0, 0.05) is 24.2 Å². The summed E-state index contributed by atoms with van der Waals surface area (Å²) in [7, 11) is -1.36. The lowest BCUT2D eigenvalue weighted by Crippen LogP contribution is -2.38. The summed E-state index contributed by atoms with van der Waals surface area (Å²) in [5.74, 6) is -0.0339. The minimum atomic E-state index is -3.00. The third-order valence-electron chi connectivity index (χ3n) is 3.68. The first-order valence-corrected chi connectivity index (χ1v) is 8.46. The van der Waals surface area contributed by atoms with E-state index < -0.39 is 9.84 Å². The van der Waals surface area contributed by atoms with E-state index in [1.807, 2.05) is 20.8 Å². The number of carbonyl (C=O) groups excluding carboxylic acids is 1. The van der Waals surface area contributed by atoms with Crippen molar-refractivity contribution in [3.63, 3.8) is 0 Å². The van der Waals surface area contributed by atoms with Crippen molar-refractivity contribution < 1.29 is 13.2 Å². The van der Waals surface area contributed by atoms with Crippen molar-refractivity contribution in [3.05, 3.63) is 17.5 Å². The molecule has 1 N–H and O–H groups in total. The number of aromatic nitrogens is 2. The highest BCUT2D eigenvalue weighted by molar-refractivity contribution is 7.91. The van der Waals surface area contributed by atoms with Crippen molar-refractivity contribution in [2.45, 2.75) is 38.6 Å². The maximum atomic E-state index is 12.3. The molecule has 0 saturated carbocycles. The molecule has 6 nitrogen and oxygen atoms in total. The molecule has 1 atom stereocenters. The number of hydrogen-bond donors (Lipinski definition) is 1. The molecule has 1 amide bonds. The number of nitrogens with one attached hydrogen (secondary N) is 1. The number of hydrogen-bond acceptors (Lipinski definition) is 4. The molecule has 1 aliphatic heterocycles. The van der Waals surface area contributed by atoms with Crippen molar-refractivity contribution in [2.75, 3.05) is 18.6 Å². The van der Waals surface area contributed by atoms with Gasteiger partial charge >= 0.3 is 0 Å². The lowest BCUT2D eigenvalue weighted by atomic mass is 9.92. The number of rotatable bonds is 2. The SMILES string of the molecule is CN(C(=O)c1cc(C(C)(C)C)[nH]n1)C1CCS(=O)(=O)C1. The first kappa shape index (κ1) is 15.0. The summed E-state index contributed by atoms with van der Waals surface area (Å²) in [4.78, 5) is 13.8. The van der Waals surface area contributed by atoms with Crippen molar-refractivity contribution in [3.8, 4) is 0 Å². The van der Waals surface area contributed by atoms with Crippen molar-refractivity contribution >= 4 is 15.7 Å². The van der Waals surface area contributed by atoms with Gasteiger partial charge in [0.1, 0.15) is 5.69 Å². The molecule has 112 valence electrons. The molecular formula is C13H21N3O3S. The van der Waals surface area contributed by atoms with Gasteiger partial charge in [0.2, 0.25) is 0 Å². The molecule has 0 spiro atoms. The van der Waals surface area contributed by atoms with Crippen molar-refractivity contribution in [2.24, 2.45) is 0 Å². The molecule has 1 unspecified atom stereocenters. The zero-order valence-electron chi connectivity index (χ0n) is 12.3. The Morgan fingerprint density at radius 1 is 1.45 bits per heavy atom. The summed E-state index contributed by atoms with van der Waals surface area (Å²) >= 11 is 0. The summed E-state index contributed by atoms with van der Waals surface area (Å²) in [5.41, 5.74) is 1.11. The molecule has 7 heteroatoms. The van der Waals surface area contributed by atoms with Crippen LogP contribution in [-0.2, 0) is 15.3 Å². The molecule has 1 saturated heterocycles. The topological polar surface area (TPSA) is 83.1 Å². The summed E-state index contributed by atoms with van der Waals surface area (Å²) in [6.07, 6.45) is 0.501. The zero-order valence-corrected chi connectivity index (χ0v) is 13.1. The number of sulfone groups is 1. The number of H-pyrrole nitrogens is 1. The number of nitrogens with zero attached hydrogens (tertiary/aromatic N) is 2. The van der Waals surface area contributed by atoms with Crippen LogP contribution in [-0.4, -0.2) is 54.0 Å². The fourth-order valence-corrected chi connectivity index (χ4v) is 4.02. The lowest BCUT2D eigenvalue weighted by Gasteiger charge is -2.22. The van der Waals surface area contributed by atoms with Crippen LogP contribution in [0.4, 0.5) is 0 Å². The van der Waals surface area contributed by atoms with Gasteiger partial charge in [0.05, 0.1) is 11.5 Å². The van der Waals surface area contributed by atoms with E-state index in [1.54, 1.807) is 13.1 Å². The Bertz CT molecular complexity index is 613. The predicted molar refractivity (Wildman–Crippen MR) is 76.4 cm³/mol. The second-order valence-corrected chi connectivity index (χ2v) is 8.62. The van der Waals surface area contributed by atoms with E-state index in [4.69, 9.17) is 0 Å². The fraction of sp³-hybridized carbons (Fsp3) is 0.692. The van der Waals surface area contributed by atoms with Crippen molar-refractivity contribution in [1.29, 1.82) is 0 Å². The molecule has 1 aromatic rings. The van der Waals surface area contributed by atoms with E-state index >= 15 is 0 Å². The first-order valence-electron chi connectivity index (χ1n) is 6.63. The highest BCUT2D eigenvalue weighted by atomic mass is 32.2. The predicted octanol–water partition coefficient (Wildman–Crippen LogP) is 0.966. The third kappa shape index (κ3) is 3.03. The largest absolute Gasteiger partial charge is 0.336 e. The molecule has 0 aliphatic carbocycles. The van der Waals surface area contributed by atoms with Crippen LogP contribution in [0.2, 0.25) is 0 Å². The van der Waals surface area contributed by atoms with Gasteiger partial charge in [-0.15, -0.1) is 0 Å². The summed E-state index contributed by atoms with van der Waals surface area (Å²) in [6.45, 7) is 6.09. The summed E-state index contributed by atoms with van der Waals surface area (Å²) < 4.78 is 23.0. The maximum Gasteiger partial charge on any atom is 0.274 e. The van der Waals surface area contributed by atoms with Crippen molar-refractivity contribution in [1.82, 2.24) is 15.1 Å². The Morgan fingerprint density at radius 2 is 2.10 bits per heavy atom. The quantitative estimate of drug-likeness (QED) is 0.882. The first-order chi connectivity index (χ1) is 9.10. The van der Waals surface area contributed by atoms with Crippen LogP contribution in [0.15, 0.2) is 6.07 Å². The van der Waals surface area contributed by atoms with Crippen LogP contribution in [0.25, 0.3) is 0 Å². The van der Waals surface area contributed by atoms with Crippen LogP contribution in [0, 0.1) is 0 Å². The van der Waals surface area contributed by atoms with Gasteiger partial charge < -0.3 is 4.90 Å². The van der Waals surface area contributed by atoms with Gasteiger partial charge in [-0.1, -0.05) is 20.8 Å². The van der Waals surface area contributed by atoms with Gasteiger partial charge in [-0.25, -0.2) is 8.42 Å². The maximum absolute atomic E-state index is 12.3. The highest BCUT2D eigenvalue weighted by Crippen LogP contribution is 2.22. The van der Waals surface area contributed by atoms with Gasteiger partial charge in [0.15, 0.2) is 9.84 Å². The van der Waals surface area contributed by atoms with Crippen LogP contribution < -0.4 is 0 Å². The average Bonchev–Trinajstić information content (AvgIpc) is 2.92. The monoisotopic (exact) mass is 299 g/mol. The molecule has 2 rings (SSSR count). The summed E-state index contributed by atoms with van der Waals surface area (Å²) in [5, 5.41) is 6.92.